The number of halogens is 4. The van der Waals surface area contributed by atoms with Gasteiger partial charge in [0.05, 0.1) is 23.4 Å². The molecule has 2 amide bonds. The van der Waals surface area contributed by atoms with Gasteiger partial charge in [-0.2, -0.15) is 13.2 Å². The van der Waals surface area contributed by atoms with E-state index in [0.717, 1.165) is 12.1 Å². The van der Waals surface area contributed by atoms with Crippen molar-refractivity contribution in [1.82, 2.24) is 9.88 Å². The van der Waals surface area contributed by atoms with E-state index in [4.69, 9.17) is 16.0 Å². The second-order valence-corrected chi connectivity index (χ2v) is 6.62. The minimum absolute atomic E-state index is 0.00397. The summed E-state index contributed by atoms with van der Waals surface area (Å²) in [6.07, 6.45) is -0.368. The fourth-order valence-electron chi connectivity index (χ4n) is 2.66. The van der Waals surface area contributed by atoms with Gasteiger partial charge in [-0.05, 0) is 42.5 Å². The number of alkyl halides is 3. The molecule has 0 aliphatic heterocycles. The van der Waals surface area contributed by atoms with Crippen molar-refractivity contribution in [1.29, 1.82) is 0 Å². The summed E-state index contributed by atoms with van der Waals surface area (Å²) in [5, 5.41) is 1.88. The third-order valence-electron chi connectivity index (χ3n) is 4.03. The molecule has 0 saturated carbocycles. The highest BCUT2D eigenvalue weighted by Gasteiger charge is 2.33. The van der Waals surface area contributed by atoms with E-state index in [1.807, 2.05) is 0 Å². The van der Waals surface area contributed by atoms with Crippen molar-refractivity contribution in [2.75, 3.05) is 11.9 Å². The summed E-state index contributed by atoms with van der Waals surface area (Å²) in [5.41, 5.74) is -0.858. The van der Waals surface area contributed by atoms with Crippen LogP contribution in [0.3, 0.4) is 0 Å². The van der Waals surface area contributed by atoms with Crippen LogP contribution in [0.15, 0.2) is 65.5 Å². The summed E-state index contributed by atoms with van der Waals surface area (Å²) >= 11 is 5.59. The Hall–Kier alpha value is -3.33. The van der Waals surface area contributed by atoms with Gasteiger partial charge in [0, 0.05) is 23.6 Å². The Balaban J connectivity index is 1.77. The van der Waals surface area contributed by atoms with Crippen molar-refractivity contribution < 1.29 is 27.2 Å². The molecule has 3 rings (SSSR count). The number of hydrogen-bond donors (Lipinski definition) is 1. The number of carbonyl (C=O) groups is 2. The molecule has 3 aromatic rings. The number of anilines is 1. The lowest BCUT2D eigenvalue weighted by atomic mass is 10.2. The van der Waals surface area contributed by atoms with E-state index in [1.54, 1.807) is 12.1 Å². The Morgan fingerprint density at radius 2 is 1.87 bits per heavy atom. The van der Waals surface area contributed by atoms with Gasteiger partial charge in [-0.15, -0.1) is 0 Å². The molecule has 1 aromatic carbocycles. The highest BCUT2D eigenvalue weighted by atomic mass is 35.5. The number of nitrogens with zero attached hydrogens (tertiary/aromatic N) is 2. The summed E-state index contributed by atoms with van der Waals surface area (Å²) in [6, 6.07) is 9.28. The van der Waals surface area contributed by atoms with Crippen LogP contribution in [0.4, 0.5) is 18.9 Å². The van der Waals surface area contributed by atoms with Crippen molar-refractivity contribution in [3.05, 3.63) is 83.0 Å². The van der Waals surface area contributed by atoms with Gasteiger partial charge in [0.15, 0.2) is 0 Å². The van der Waals surface area contributed by atoms with E-state index in [0.29, 0.717) is 11.3 Å². The maximum Gasteiger partial charge on any atom is 0.417 e. The Morgan fingerprint density at radius 1 is 1.13 bits per heavy atom. The van der Waals surface area contributed by atoms with Gasteiger partial charge in [0.1, 0.15) is 12.3 Å². The van der Waals surface area contributed by atoms with E-state index in [1.165, 1.54) is 41.8 Å². The molecule has 0 fully saturated rings. The Kier molecular flexibility index (Phi) is 6.41. The normalized spacial score (nSPS) is 11.2. The summed E-state index contributed by atoms with van der Waals surface area (Å²) in [5.74, 6) is -0.702. The number of hydrogen-bond acceptors (Lipinski definition) is 4. The number of nitrogens with one attached hydrogen (secondary N) is 1. The first-order chi connectivity index (χ1) is 14.2. The van der Waals surface area contributed by atoms with Crippen LogP contribution in [0.2, 0.25) is 5.02 Å². The molecule has 0 bridgehead atoms. The van der Waals surface area contributed by atoms with Crippen molar-refractivity contribution >= 4 is 29.1 Å². The molecule has 6 nitrogen and oxygen atoms in total. The van der Waals surface area contributed by atoms with Crippen LogP contribution in [0.1, 0.15) is 21.7 Å². The third kappa shape index (κ3) is 5.38. The molecule has 1 N–H and O–H groups in total. The Labute approximate surface area is 174 Å². The van der Waals surface area contributed by atoms with Crippen molar-refractivity contribution in [3.8, 4) is 0 Å². The predicted octanol–water partition coefficient (Wildman–Crippen LogP) is 4.63. The van der Waals surface area contributed by atoms with Gasteiger partial charge in [0.2, 0.25) is 5.91 Å². The van der Waals surface area contributed by atoms with Crippen LogP contribution in [-0.2, 0) is 17.5 Å². The molecule has 0 unspecified atom stereocenters. The highest BCUT2D eigenvalue weighted by molar-refractivity contribution is 6.31. The molecular formula is C20H15ClF3N3O3. The molecule has 156 valence electrons. The van der Waals surface area contributed by atoms with Crippen LogP contribution in [0.25, 0.3) is 0 Å². The molecule has 2 aromatic heterocycles. The first-order valence-corrected chi connectivity index (χ1v) is 9.00. The second kappa shape index (κ2) is 9.00. The summed E-state index contributed by atoms with van der Waals surface area (Å²) in [6.45, 7) is -0.415. The fraction of sp³-hybridized carbons (Fsp3) is 0.150. The molecule has 0 spiro atoms. The molecule has 0 saturated heterocycles. The van der Waals surface area contributed by atoms with Gasteiger partial charge in [-0.1, -0.05) is 11.6 Å². The monoisotopic (exact) mass is 437 g/mol. The maximum absolute atomic E-state index is 13.0. The standard InChI is InChI=1S/C20H15ClF3N3O3/c21-17-4-3-14(10-16(17)20(22,23)24)26-18(28)12-27(11-15-2-1-9-30-15)19(29)13-5-7-25-8-6-13/h1-10H,11-12H2,(H,26,28). The molecule has 2 heterocycles. The molecule has 0 radical (unpaired) electrons. The fourth-order valence-corrected chi connectivity index (χ4v) is 2.89. The lowest BCUT2D eigenvalue weighted by Gasteiger charge is -2.21. The van der Waals surface area contributed by atoms with Gasteiger partial charge in [0.25, 0.3) is 5.91 Å². The first-order valence-electron chi connectivity index (χ1n) is 8.62. The minimum Gasteiger partial charge on any atom is -0.467 e. The zero-order valence-electron chi connectivity index (χ0n) is 15.3. The number of aromatic nitrogens is 1. The Bertz CT molecular complexity index is 1020. The van der Waals surface area contributed by atoms with Crippen molar-refractivity contribution in [2.45, 2.75) is 12.7 Å². The highest BCUT2D eigenvalue weighted by Crippen LogP contribution is 2.36. The molecule has 0 atom stereocenters. The average molecular weight is 438 g/mol. The summed E-state index contributed by atoms with van der Waals surface area (Å²) in [4.78, 5) is 30.3. The zero-order chi connectivity index (χ0) is 21.7. The largest absolute Gasteiger partial charge is 0.467 e. The minimum atomic E-state index is -4.67. The second-order valence-electron chi connectivity index (χ2n) is 6.22. The predicted molar refractivity (Wildman–Crippen MR) is 103 cm³/mol. The number of carbonyl (C=O) groups excluding carboxylic acids is 2. The molecular weight excluding hydrogens is 423 g/mol. The maximum atomic E-state index is 13.0. The molecule has 10 heteroatoms. The third-order valence-corrected chi connectivity index (χ3v) is 4.36. The Morgan fingerprint density at radius 3 is 2.50 bits per heavy atom. The smallest absolute Gasteiger partial charge is 0.417 e. The van der Waals surface area contributed by atoms with Gasteiger partial charge >= 0.3 is 6.18 Å². The van der Waals surface area contributed by atoms with Gasteiger partial charge < -0.3 is 14.6 Å². The topological polar surface area (TPSA) is 75.4 Å². The lowest BCUT2D eigenvalue weighted by Crippen LogP contribution is -2.37. The van der Waals surface area contributed by atoms with Crippen LogP contribution >= 0.6 is 11.6 Å². The average Bonchev–Trinajstić information content (AvgIpc) is 3.21. The van der Waals surface area contributed by atoms with Gasteiger partial charge in [-0.3, -0.25) is 14.6 Å². The van der Waals surface area contributed by atoms with E-state index in [9.17, 15) is 22.8 Å². The summed E-state index contributed by atoms with van der Waals surface area (Å²) in [7, 11) is 0. The number of rotatable bonds is 6. The number of benzene rings is 1. The van der Waals surface area contributed by atoms with Crippen LogP contribution in [0, 0.1) is 0 Å². The number of furan rings is 1. The lowest BCUT2D eigenvalue weighted by molar-refractivity contribution is -0.137. The zero-order valence-corrected chi connectivity index (χ0v) is 16.1. The number of pyridine rings is 1. The van der Waals surface area contributed by atoms with E-state index >= 15 is 0 Å². The molecule has 30 heavy (non-hydrogen) atoms. The van der Waals surface area contributed by atoms with Crippen molar-refractivity contribution in [2.24, 2.45) is 0 Å². The molecule has 0 aliphatic carbocycles. The molecule has 0 aliphatic rings. The van der Waals surface area contributed by atoms with E-state index in [2.05, 4.69) is 10.3 Å². The van der Waals surface area contributed by atoms with Crippen LogP contribution < -0.4 is 5.32 Å². The van der Waals surface area contributed by atoms with Gasteiger partial charge in [-0.25, -0.2) is 0 Å². The first kappa shape index (κ1) is 21.4. The summed E-state index contributed by atoms with van der Waals surface area (Å²) < 4.78 is 44.3. The quantitative estimate of drug-likeness (QED) is 0.610. The SMILES string of the molecule is O=C(CN(Cc1ccco1)C(=O)c1ccncc1)Nc1ccc(Cl)c(C(F)(F)F)c1. The van der Waals surface area contributed by atoms with Crippen LogP contribution in [0.5, 0.6) is 0 Å². The van der Waals surface area contributed by atoms with Crippen LogP contribution in [-0.4, -0.2) is 28.2 Å². The van der Waals surface area contributed by atoms with Crippen molar-refractivity contribution in [3.63, 3.8) is 0 Å². The van der Waals surface area contributed by atoms with E-state index in [-0.39, 0.29) is 12.2 Å². The van der Waals surface area contributed by atoms with E-state index < -0.39 is 35.1 Å². The number of amides is 2.